The molecule has 0 aliphatic carbocycles. The van der Waals surface area contributed by atoms with Gasteiger partial charge >= 0.3 is 0 Å². The standard InChI is InChI=1S/C24H25FO5S/c1-13-2-3-15(24-23(29)22(28)21(27)19(12-26)30-24)10-16(13)11-18-8-9-20(31-18)14-4-6-17(25)7-5-14/h2-10,19,21-24,26-29H,11-12H2,1H3/t19-,21-,22+,23-,24+/m1/s1/i4D,5D,6D,7D. The summed E-state index contributed by atoms with van der Waals surface area (Å²) < 4.78 is 51.2. The van der Waals surface area contributed by atoms with Gasteiger partial charge in [-0.15, -0.1) is 11.3 Å². The first-order valence-corrected chi connectivity index (χ1v) is 10.6. The van der Waals surface area contributed by atoms with Crippen LogP contribution in [0, 0.1) is 12.7 Å². The van der Waals surface area contributed by atoms with Crippen molar-refractivity contribution in [3.63, 3.8) is 0 Å². The molecule has 1 saturated heterocycles. The number of hydrogen-bond donors (Lipinski definition) is 4. The summed E-state index contributed by atoms with van der Waals surface area (Å²) in [6, 6.07) is 6.59. The molecule has 31 heavy (non-hydrogen) atoms. The normalized spacial score (nSPS) is 28.0. The van der Waals surface area contributed by atoms with Crippen molar-refractivity contribution in [3.05, 3.63) is 81.9 Å². The Bertz CT molecular complexity index is 1220. The van der Waals surface area contributed by atoms with Crippen LogP contribution in [0.25, 0.3) is 10.4 Å². The molecule has 0 saturated carbocycles. The van der Waals surface area contributed by atoms with E-state index in [0.717, 1.165) is 16.0 Å². The van der Waals surface area contributed by atoms with Crippen LogP contribution in [0.5, 0.6) is 0 Å². The van der Waals surface area contributed by atoms with Crippen LogP contribution < -0.4 is 0 Å². The molecule has 1 aliphatic heterocycles. The van der Waals surface area contributed by atoms with Crippen LogP contribution in [0.15, 0.2) is 54.5 Å². The Morgan fingerprint density at radius 3 is 2.48 bits per heavy atom. The van der Waals surface area contributed by atoms with Crippen molar-refractivity contribution in [1.29, 1.82) is 0 Å². The van der Waals surface area contributed by atoms with Crippen LogP contribution in [0.4, 0.5) is 4.39 Å². The van der Waals surface area contributed by atoms with Crippen molar-refractivity contribution in [2.45, 2.75) is 43.9 Å². The van der Waals surface area contributed by atoms with Crippen LogP contribution in [0.1, 0.15) is 33.2 Å². The van der Waals surface area contributed by atoms with Crippen LogP contribution in [0.3, 0.4) is 0 Å². The number of halogens is 1. The Hall–Kier alpha value is -2.13. The van der Waals surface area contributed by atoms with Gasteiger partial charge in [0.05, 0.1) is 12.1 Å². The Labute approximate surface area is 189 Å². The molecule has 5 nitrogen and oxygen atoms in total. The molecule has 5 atom stereocenters. The van der Waals surface area contributed by atoms with E-state index >= 15 is 0 Å². The molecule has 2 aromatic carbocycles. The van der Waals surface area contributed by atoms with Gasteiger partial charge in [0.1, 0.15) is 36.3 Å². The Kier molecular flexibility index (Phi) is 5.15. The average Bonchev–Trinajstić information content (AvgIpc) is 3.30. The topological polar surface area (TPSA) is 90.2 Å². The fourth-order valence-electron chi connectivity index (χ4n) is 3.65. The predicted molar refractivity (Wildman–Crippen MR) is 116 cm³/mol. The van der Waals surface area contributed by atoms with E-state index in [-0.39, 0.29) is 5.56 Å². The molecule has 0 radical (unpaired) electrons. The first kappa shape index (κ1) is 17.4. The second kappa shape index (κ2) is 9.16. The number of rotatable bonds is 5. The number of hydrogen-bond acceptors (Lipinski definition) is 6. The van der Waals surface area contributed by atoms with E-state index in [0.29, 0.717) is 16.9 Å². The van der Waals surface area contributed by atoms with E-state index in [9.17, 15) is 24.8 Å². The second-order valence-electron chi connectivity index (χ2n) is 7.57. The van der Waals surface area contributed by atoms with Crippen LogP contribution >= 0.6 is 11.3 Å². The van der Waals surface area contributed by atoms with Crippen molar-refractivity contribution < 1.29 is 35.0 Å². The lowest BCUT2D eigenvalue weighted by Gasteiger charge is -2.40. The highest BCUT2D eigenvalue weighted by Gasteiger charge is 2.43. The first-order chi connectivity index (χ1) is 16.5. The molecule has 4 rings (SSSR count). The second-order valence-corrected chi connectivity index (χ2v) is 8.74. The maximum Gasteiger partial charge on any atom is 0.123 e. The van der Waals surface area contributed by atoms with Crippen LogP contribution in [-0.2, 0) is 11.2 Å². The molecule has 2 heterocycles. The lowest BCUT2D eigenvalue weighted by molar-refractivity contribution is -0.231. The van der Waals surface area contributed by atoms with Gasteiger partial charge in [-0.05, 0) is 53.4 Å². The molecule has 1 fully saturated rings. The third-order valence-corrected chi connectivity index (χ3v) is 6.56. The molecule has 0 amide bonds. The monoisotopic (exact) mass is 448 g/mol. The molecule has 164 valence electrons. The summed E-state index contributed by atoms with van der Waals surface area (Å²) in [5.74, 6) is -1.18. The number of aliphatic hydroxyl groups excluding tert-OH is 4. The number of ether oxygens (including phenoxy) is 1. The van der Waals surface area contributed by atoms with E-state index in [1.807, 2.05) is 19.1 Å². The van der Waals surface area contributed by atoms with Gasteiger partial charge in [-0.25, -0.2) is 4.39 Å². The summed E-state index contributed by atoms with van der Waals surface area (Å²) in [5, 5.41) is 40.1. The maximum atomic E-state index is 13.9. The van der Waals surface area contributed by atoms with E-state index in [1.165, 1.54) is 11.3 Å². The van der Waals surface area contributed by atoms with Gasteiger partial charge in [-0.2, -0.15) is 0 Å². The molecular formula is C24H25FO5S. The highest BCUT2D eigenvalue weighted by atomic mass is 32.1. The van der Waals surface area contributed by atoms with Gasteiger partial charge in [0.15, 0.2) is 0 Å². The summed E-state index contributed by atoms with van der Waals surface area (Å²) in [6.45, 7) is 1.39. The fraction of sp³-hybridized carbons (Fsp3) is 0.333. The molecule has 3 aromatic rings. The van der Waals surface area contributed by atoms with Crippen LogP contribution in [0.2, 0.25) is 0 Å². The zero-order valence-corrected chi connectivity index (χ0v) is 17.5. The van der Waals surface area contributed by atoms with Crippen LogP contribution in [-0.4, -0.2) is 51.4 Å². The van der Waals surface area contributed by atoms with Gasteiger partial charge in [0.2, 0.25) is 0 Å². The smallest absolute Gasteiger partial charge is 0.123 e. The summed E-state index contributed by atoms with van der Waals surface area (Å²) >= 11 is 1.27. The Morgan fingerprint density at radius 1 is 1.03 bits per heavy atom. The van der Waals surface area contributed by atoms with Crippen molar-refractivity contribution in [2.75, 3.05) is 6.61 Å². The Balaban J connectivity index is 1.64. The van der Waals surface area contributed by atoms with Gasteiger partial charge in [-0.3, -0.25) is 0 Å². The highest BCUT2D eigenvalue weighted by molar-refractivity contribution is 7.15. The number of aliphatic hydroxyl groups is 4. The van der Waals surface area contributed by atoms with Gasteiger partial charge in [0.25, 0.3) is 0 Å². The van der Waals surface area contributed by atoms with Gasteiger partial charge < -0.3 is 25.2 Å². The predicted octanol–water partition coefficient (Wildman–Crippen LogP) is 2.97. The maximum absolute atomic E-state index is 13.9. The third-order valence-electron chi connectivity index (χ3n) is 5.46. The number of aryl methyl sites for hydroxylation is 1. The molecular weight excluding hydrogens is 419 g/mol. The lowest BCUT2D eigenvalue weighted by Crippen LogP contribution is -2.55. The van der Waals surface area contributed by atoms with Gasteiger partial charge in [0, 0.05) is 16.2 Å². The Morgan fingerprint density at radius 2 is 1.77 bits per heavy atom. The van der Waals surface area contributed by atoms with E-state index in [1.54, 1.807) is 18.2 Å². The molecule has 1 aromatic heterocycles. The minimum atomic E-state index is -1.48. The number of benzene rings is 2. The minimum Gasteiger partial charge on any atom is -0.394 e. The molecule has 1 aliphatic rings. The molecule has 7 heteroatoms. The average molecular weight is 449 g/mol. The highest BCUT2D eigenvalue weighted by Crippen LogP contribution is 2.35. The first-order valence-electron chi connectivity index (χ1n) is 11.8. The summed E-state index contributed by atoms with van der Waals surface area (Å²) in [6.07, 6.45) is -5.83. The quantitative estimate of drug-likeness (QED) is 0.482. The van der Waals surface area contributed by atoms with Crippen molar-refractivity contribution >= 4 is 11.3 Å². The molecule has 0 spiro atoms. The fourth-order valence-corrected chi connectivity index (χ4v) is 4.64. The summed E-state index contributed by atoms with van der Waals surface area (Å²) in [5.41, 5.74) is 2.44. The molecule has 0 unspecified atom stereocenters. The van der Waals surface area contributed by atoms with Crippen molar-refractivity contribution in [2.24, 2.45) is 0 Å². The van der Waals surface area contributed by atoms with Crippen molar-refractivity contribution in [3.8, 4) is 10.4 Å². The summed E-state index contributed by atoms with van der Waals surface area (Å²) in [7, 11) is 0. The molecule has 0 bridgehead atoms. The lowest BCUT2D eigenvalue weighted by atomic mass is 9.89. The SMILES string of the molecule is [2H]c1c([2H])c(-c2ccc(Cc3cc([C@@H]4O[C@H](CO)[C@@H](O)[C@H](O)[C@H]4O)ccc3C)s2)c([2H])c([2H])c1F. The number of thiophene rings is 1. The molecule has 4 N–H and O–H groups in total. The third kappa shape index (κ3) is 4.57. The van der Waals surface area contributed by atoms with Gasteiger partial charge in [-0.1, -0.05) is 30.3 Å². The van der Waals surface area contributed by atoms with E-state index in [4.69, 9.17) is 10.2 Å². The zero-order chi connectivity index (χ0) is 25.6. The van der Waals surface area contributed by atoms with Crippen molar-refractivity contribution in [1.82, 2.24) is 0 Å². The van der Waals surface area contributed by atoms with E-state index in [2.05, 4.69) is 0 Å². The summed E-state index contributed by atoms with van der Waals surface area (Å²) in [4.78, 5) is 1.34. The largest absolute Gasteiger partial charge is 0.394 e. The van der Waals surface area contributed by atoms with E-state index < -0.39 is 67.1 Å². The minimum absolute atomic E-state index is 0.0458. The zero-order valence-electron chi connectivity index (χ0n) is 20.7.